The quantitative estimate of drug-likeness (QED) is 0.563. The van der Waals surface area contributed by atoms with Crippen LogP contribution in [0.4, 0.5) is 5.69 Å². The highest BCUT2D eigenvalue weighted by molar-refractivity contribution is 7.89. The standard InChI is InChI=1S/C11H20N4O2S/c1-8(11(2,3)4)15-18(16,17)10-7-13-6-5-9(10)14-12/h5-8,15H,12H2,1-4H3,(H,13,14). The maximum Gasteiger partial charge on any atom is 0.244 e. The van der Waals surface area contributed by atoms with E-state index in [4.69, 9.17) is 5.84 Å². The number of rotatable bonds is 4. The SMILES string of the molecule is CC(NS(=O)(=O)c1cnccc1NN)C(C)(C)C. The summed E-state index contributed by atoms with van der Waals surface area (Å²) in [7, 11) is -3.64. The molecule has 0 saturated heterocycles. The predicted octanol–water partition coefficient (Wildman–Crippen LogP) is 1.08. The largest absolute Gasteiger partial charge is 0.323 e. The molecule has 0 aliphatic heterocycles. The molecular weight excluding hydrogens is 252 g/mol. The van der Waals surface area contributed by atoms with Crippen molar-refractivity contribution in [2.75, 3.05) is 5.43 Å². The third-order valence-corrected chi connectivity index (χ3v) is 4.43. The van der Waals surface area contributed by atoms with Crippen LogP contribution >= 0.6 is 0 Å². The van der Waals surface area contributed by atoms with Gasteiger partial charge >= 0.3 is 0 Å². The van der Waals surface area contributed by atoms with Gasteiger partial charge < -0.3 is 5.43 Å². The van der Waals surface area contributed by atoms with E-state index in [1.165, 1.54) is 18.5 Å². The van der Waals surface area contributed by atoms with E-state index in [2.05, 4.69) is 15.1 Å². The minimum Gasteiger partial charge on any atom is -0.323 e. The van der Waals surface area contributed by atoms with Crippen molar-refractivity contribution in [2.24, 2.45) is 11.3 Å². The zero-order valence-corrected chi connectivity index (χ0v) is 11.9. The molecule has 1 heterocycles. The first-order valence-corrected chi connectivity index (χ1v) is 7.10. The van der Waals surface area contributed by atoms with E-state index in [1.54, 1.807) is 0 Å². The van der Waals surface area contributed by atoms with E-state index in [0.29, 0.717) is 5.69 Å². The summed E-state index contributed by atoms with van der Waals surface area (Å²) in [5.41, 5.74) is 2.50. The second kappa shape index (κ2) is 5.21. The highest BCUT2D eigenvalue weighted by atomic mass is 32.2. The van der Waals surface area contributed by atoms with Crippen molar-refractivity contribution in [2.45, 2.75) is 38.6 Å². The van der Waals surface area contributed by atoms with Gasteiger partial charge in [-0.2, -0.15) is 0 Å². The molecule has 0 fully saturated rings. The Labute approximate surface area is 108 Å². The Morgan fingerprint density at radius 3 is 2.50 bits per heavy atom. The zero-order valence-electron chi connectivity index (χ0n) is 11.1. The summed E-state index contributed by atoms with van der Waals surface area (Å²) in [6, 6.07) is 1.30. The monoisotopic (exact) mass is 272 g/mol. The molecule has 0 amide bonds. The number of pyridine rings is 1. The smallest absolute Gasteiger partial charge is 0.244 e. The molecule has 0 spiro atoms. The number of hydrogen-bond donors (Lipinski definition) is 3. The van der Waals surface area contributed by atoms with Gasteiger partial charge in [0.15, 0.2) is 0 Å². The van der Waals surface area contributed by atoms with Crippen molar-refractivity contribution in [1.29, 1.82) is 0 Å². The summed E-state index contributed by atoms with van der Waals surface area (Å²) in [6.45, 7) is 7.71. The minimum atomic E-state index is -3.64. The minimum absolute atomic E-state index is 0.0450. The maximum absolute atomic E-state index is 12.2. The first-order chi connectivity index (χ1) is 8.18. The molecule has 0 aromatic carbocycles. The van der Waals surface area contributed by atoms with Crippen molar-refractivity contribution in [3.63, 3.8) is 0 Å². The van der Waals surface area contributed by atoms with Crippen LogP contribution in [0.15, 0.2) is 23.4 Å². The molecule has 1 aromatic heterocycles. The van der Waals surface area contributed by atoms with Crippen molar-refractivity contribution < 1.29 is 8.42 Å². The second-order valence-corrected chi connectivity index (χ2v) is 6.91. The maximum atomic E-state index is 12.2. The molecule has 0 radical (unpaired) electrons. The van der Waals surface area contributed by atoms with Gasteiger partial charge in [0.25, 0.3) is 0 Å². The third kappa shape index (κ3) is 3.41. The molecule has 1 atom stereocenters. The highest BCUT2D eigenvalue weighted by Gasteiger charge is 2.27. The fraction of sp³-hybridized carbons (Fsp3) is 0.545. The molecule has 18 heavy (non-hydrogen) atoms. The summed E-state index contributed by atoms with van der Waals surface area (Å²) in [4.78, 5) is 3.86. The van der Waals surface area contributed by atoms with Crippen LogP contribution in [0.3, 0.4) is 0 Å². The van der Waals surface area contributed by atoms with Gasteiger partial charge in [-0.1, -0.05) is 20.8 Å². The van der Waals surface area contributed by atoms with E-state index in [1.807, 2.05) is 27.7 Å². The normalized spacial score (nSPS) is 14.3. The average Bonchev–Trinajstić information content (AvgIpc) is 2.27. The number of nitrogens with one attached hydrogen (secondary N) is 2. The van der Waals surface area contributed by atoms with Crippen LogP contribution < -0.4 is 16.0 Å². The van der Waals surface area contributed by atoms with Gasteiger partial charge in [0, 0.05) is 18.4 Å². The molecule has 7 heteroatoms. The van der Waals surface area contributed by atoms with E-state index in [9.17, 15) is 8.42 Å². The molecule has 0 aliphatic rings. The predicted molar refractivity (Wildman–Crippen MR) is 71.3 cm³/mol. The number of sulfonamides is 1. The Hall–Kier alpha value is -1.18. The molecular formula is C11H20N4O2S. The molecule has 1 aromatic rings. The van der Waals surface area contributed by atoms with E-state index in [-0.39, 0.29) is 16.4 Å². The summed E-state index contributed by atoms with van der Waals surface area (Å²) in [5, 5.41) is 0. The molecule has 0 aliphatic carbocycles. The second-order valence-electron chi connectivity index (χ2n) is 5.23. The Bertz CT molecular complexity index is 508. The molecule has 0 bridgehead atoms. The van der Waals surface area contributed by atoms with Crippen molar-refractivity contribution in [3.8, 4) is 0 Å². The first-order valence-electron chi connectivity index (χ1n) is 5.61. The topological polar surface area (TPSA) is 97.1 Å². The number of hydrogen-bond acceptors (Lipinski definition) is 5. The van der Waals surface area contributed by atoms with Crippen LogP contribution in [0.2, 0.25) is 0 Å². The Kier molecular flexibility index (Phi) is 4.31. The molecule has 0 saturated carbocycles. The molecule has 1 rings (SSSR count). The van der Waals surface area contributed by atoms with Crippen LogP contribution in [0.1, 0.15) is 27.7 Å². The average molecular weight is 272 g/mol. The molecule has 4 N–H and O–H groups in total. The number of nitrogens with two attached hydrogens (primary N) is 1. The highest BCUT2D eigenvalue weighted by Crippen LogP contribution is 2.23. The van der Waals surface area contributed by atoms with E-state index in [0.717, 1.165) is 0 Å². The first kappa shape index (κ1) is 14.9. The van der Waals surface area contributed by atoms with Crippen molar-refractivity contribution >= 4 is 15.7 Å². The van der Waals surface area contributed by atoms with E-state index >= 15 is 0 Å². The summed E-state index contributed by atoms with van der Waals surface area (Å²) < 4.78 is 27.1. The van der Waals surface area contributed by atoms with Crippen molar-refractivity contribution in [3.05, 3.63) is 18.5 Å². The number of anilines is 1. The van der Waals surface area contributed by atoms with Crippen LogP contribution in [-0.2, 0) is 10.0 Å². The Morgan fingerprint density at radius 1 is 1.39 bits per heavy atom. The lowest BCUT2D eigenvalue weighted by Crippen LogP contribution is -2.41. The summed E-state index contributed by atoms with van der Waals surface area (Å²) in [5.74, 6) is 5.29. The summed E-state index contributed by atoms with van der Waals surface area (Å²) in [6.07, 6.45) is 2.74. The third-order valence-electron chi connectivity index (χ3n) is 2.86. The van der Waals surface area contributed by atoms with Gasteiger partial charge in [-0.05, 0) is 18.4 Å². The number of aromatic nitrogens is 1. The van der Waals surface area contributed by atoms with Gasteiger partial charge in [0.05, 0.1) is 5.69 Å². The number of hydrazine groups is 1. The lowest BCUT2D eigenvalue weighted by molar-refractivity contribution is 0.317. The van der Waals surface area contributed by atoms with Crippen molar-refractivity contribution in [1.82, 2.24) is 9.71 Å². The molecule has 1 unspecified atom stereocenters. The van der Waals surface area contributed by atoms with Gasteiger partial charge in [-0.25, -0.2) is 13.1 Å². The van der Waals surface area contributed by atoms with Gasteiger partial charge in [0.2, 0.25) is 10.0 Å². The van der Waals surface area contributed by atoms with Crippen LogP contribution in [0, 0.1) is 5.41 Å². The fourth-order valence-corrected chi connectivity index (χ4v) is 2.75. The van der Waals surface area contributed by atoms with Crippen LogP contribution in [-0.4, -0.2) is 19.4 Å². The van der Waals surface area contributed by atoms with E-state index < -0.39 is 10.0 Å². The van der Waals surface area contributed by atoms with Gasteiger partial charge in [-0.15, -0.1) is 0 Å². The fourth-order valence-electron chi connectivity index (χ4n) is 1.19. The van der Waals surface area contributed by atoms with Crippen LogP contribution in [0.5, 0.6) is 0 Å². The van der Waals surface area contributed by atoms with Gasteiger partial charge in [0.1, 0.15) is 4.90 Å². The van der Waals surface area contributed by atoms with Crippen LogP contribution in [0.25, 0.3) is 0 Å². The lowest BCUT2D eigenvalue weighted by Gasteiger charge is -2.28. The lowest BCUT2D eigenvalue weighted by atomic mass is 9.89. The van der Waals surface area contributed by atoms with Gasteiger partial charge in [-0.3, -0.25) is 10.8 Å². The summed E-state index contributed by atoms with van der Waals surface area (Å²) >= 11 is 0. The Morgan fingerprint density at radius 2 is 2.00 bits per heavy atom. The molecule has 102 valence electrons. The Balaban J connectivity index is 3.08. The zero-order chi connectivity index (χ0) is 14.0. The number of nitrogens with zero attached hydrogens (tertiary/aromatic N) is 1. The number of nitrogen functional groups attached to an aromatic ring is 1. The molecule has 6 nitrogen and oxygen atoms in total.